The molecular weight excluding hydrogens is 673 g/mol. The van der Waals surface area contributed by atoms with Crippen LogP contribution in [0.1, 0.15) is 26.3 Å². The van der Waals surface area contributed by atoms with E-state index in [4.69, 9.17) is 4.74 Å². The highest BCUT2D eigenvalue weighted by molar-refractivity contribution is 9.10. The molecule has 43 heavy (non-hydrogen) atoms. The van der Waals surface area contributed by atoms with Crippen LogP contribution in [0.15, 0.2) is 59.3 Å². The SMILES string of the molecule is COc1c(C(=O)Nc2c(Br)cc(C(F)(C(F)(F)F)C(F)(F)F)cc2OC(F)F)cccc1N(C)C(=O)c1cc[n+]([O-])cc1. The van der Waals surface area contributed by atoms with Gasteiger partial charge in [0.1, 0.15) is 0 Å². The summed E-state index contributed by atoms with van der Waals surface area (Å²) in [7, 11) is 2.39. The molecule has 0 radical (unpaired) electrons. The van der Waals surface area contributed by atoms with Gasteiger partial charge in [-0.2, -0.15) is 39.9 Å². The number of benzene rings is 2. The van der Waals surface area contributed by atoms with Crippen LogP contribution in [0.25, 0.3) is 0 Å². The summed E-state index contributed by atoms with van der Waals surface area (Å²) in [6.07, 6.45) is -11.0. The predicted octanol–water partition coefficient (Wildman–Crippen LogP) is 6.51. The summed E-state index contributed by atoms with van der Waals surface area (Å²) >= 11 is 2.59. The molecule has 0 saturated carbocycles. The molecule has 0 aliphatic heterocycles. The van der Waals surface area contributed by atoms with Gasteiger partial charge in [0.25, 0.3) is 11.8 Å². The van der Waals surface area contributed by atoms with Crippen LogP contribution in [0.2, 0.25) is 0 Å². The number of para-hydroxylation sites is 1. The Morgan fingerprint density at radius 2 is 1.58 bits per heavy atom. The number of nitrogens with zero attached hydrogens (tertiary/aromatic N) is 2. The topological polar surface area (TPSA) is 94.8 Å². The van der Waals surface area contributed by atoms with E-state index in [1.807, 2.05) is 5.32 Å². The molecule has 18 heteroatoms. The van der Waals surface area contributed by atoms with Gasteiger partial charge >= 0.3 is 24.6 Å². The quantitative estimate of drug-likeness (QED) is 0.165. The van der Waals surface area contributed by atoms with Crippen molar-refractivity contribution < 1.29 is 63.3 Å². The lowest BCUT2D eigenvalue weighted by Crippen LogP contribution is -2.50. The standard InChI is InChI=1S/C25H17BrF9N3O5/c1-37(21(40)12-6-8-38(41)9-7-12)16-5-3-4-14(19(16)42-2)20(39)36-18-15(26)10-13(11-17(18)43-22(27)28)23(29,24(30,31)32)25(33,34)35/h3-11,22H,1-2H3,(H,36,39). The van der Waals surface area contributed by atoms with E-state index in [2.05, 4.69) is 20.7 Å². The number of hydrogen-bond donors (Lipinski definition) is 1. The fraction of sp³-hybridized carbons (Fsp3) is 0.240. The molecule has 3 rings (SSSR count). The lowest BCUT2D eigenvalue weighted by atomic mass is 9.93. The van der Waals surface area contributed by atoms with E-state index < -0.39 is 57.9 Å². The van der Waals surface area contributed by atoms with Gasteiger partial charge in [-0.3, -0.25) is 9.59 Å². The molecule has 1 heterocycles. The van der Waals surface area contributed by atoms with Crippen LogP contribution < -0.4 is 24.4 Å². The number of anilines is 2. The van der Waals surface area contributed by atoms with Crippen LogP contribution in [0.4, 0.5) is 50.9 Å². The number of methoxy groups -OCH3 is 1. The molecular formula is C25H17BrF9N3O5. The first-order chi connectivity index (χ1) is 19.8. The van der Waals surface area contributed by atoms with E-state index in [9.17, 15) is 54.3 Å². The molecule has 0 aliphatic rings. The van der Waals surface area contributed by atoms with Crippen molar-refractivity contribution in [2.75, 3.05) is 24.4 Å². The van der Waals surface area contributed by atoms with Gasteiger partial charge in [0, 0.05) is 29.2 Å². The number of pyridine rings is 1. The highest BCUT2D eigenvalue weighted by atomic mass is 79.9. The van der Waals surface area contributed by atoms with E-state index in [0.717, 1.165) is 30.5 Å². The van der Waals surface area contributed by atoms with Gasteiger partial charge in [0.2, 0.25) is 0 Å². The van der Waals surface area contributed by atoms with Crippen LogP contribution in [0, 0.1) is 5.21 Å². The Morgan fingerprint density at radius 3 is 2.09 bits per heavy atom. The van der Waals surface area contributed by atoms with E-state index >= 15 is 0 Å². The van der Waals surface area contributed by atoms with Crippen molar-refractivity contribution in [1.82, 2.24) is 0 Å². The largest absolute Gasteiger partial charge is 0.619 e. The van der Waals surface area contributed by atoms with Gasteiger partial charge in [-0.1, -0.05) is 6.07 Å². The van der Waals surface area contributed by atoms with Crippen LogP contribution >= 0.6 is 15.9 Å². The summed E-state index contributed by atoms with van der Waals surface area (Å²) < 4.78 is 129. The van der Waals surface area contributed by atoms with Crippen molar-refractivity contribution in [2.24, 2.45) is 0 Å². The summed E-state index contributed by atoms with van der Waals surface area (Å²) in [4.78, 5) is 27.2. The average molecular weight is 690 g/mol. The van der Waals surface area contributed by atoms with E-state index in [-0.39, 0.29) is 34.7 Å². The summed E-state index contributed by atoms with van der Waals surface area (Å²) in [5, 5.41) is 13.3. The molecule has 2 amide bonds. The molecule has 3 aromatic rings. The molecule has 0 unspecified atom stereocenters. The van der Waals surface area contributed by atoms with E-state index in [0.29, 0.717) is 4.73 Å². The first-order valence-corrected chi connectivity index (χ1v) is 12.2. The lowest BCUT2D eigenvalue weighted by Gasteiger charge is -2.31. The zero-order valence-corrected chi connectivity index (χ0v) is 23.1. The number of nitrogens with one attached hydrogen (secondary N) is 1. The van der Waals surface area contributed by atoms with Crippen molar-refractivity contribution in [3.05, 3.63) is 81.2 Å². The Balaban J connectivity index is 2.08. The number of alkyl halides is 9. The predicted molar refractivity (Wildman–Crippen MR) is 135 cm³/mol. The Labute approximate surface area is 244 Å². The van der Waals surface area contributed by atoms with Gasteiger partial charge in [0.15, 0.2) is 23.9 Å². The summed E-state index contributed by atoms with van der Waals surface area (Å²) in [6, 6.07) is 5.91. The normalized spacial score (nSPS) is 12.2. The number of aromatic nitrogens is 1. The minimum absolute atomic E-state index is 0.000478. The summed E-state index contributed by atoms with van der Waals surface area (Å²) in [5.41, 5.74) is -9.37. The maximum absolute atomic E-state index is 14.7. The van der Waals surface area contributed by atoms with E-state index in [1.165, 1.54) is 31.3 Å². The van der Waals surface area contributed by atoms with Gasteiger partial charge in [-0.05, 0) is 40.2 Å². The number of carbonyl (C=O) groups is 2. The molecule has 232 valence electrons. The van der Waals surface area contributed by atoms with Crippen molar-refractivity contribution in [3.8, 4) is 11.5 Å². The number of carbonyl (C=O) groups excluding carboxylic acids is 2. The van der Waals surface area contributed by atoms with Crippen molar-refractivity contribution in [3.63, 3.8) is 0 Å². The average Bonchev–Trinajstić information content (AvgIpc) is 2.91. The van der Waals surface area contributed by atoms with Crippen molar-refractivity contribution in [1.29, 1.82) is 0 Å². The monoisotopic (exact) mass is 689 g/mol. The Kier molecular flexibility index (Phi) is 9.43. The molecule has 0 aliphatic carbocycles. The number of amides is 2. The third-order valence-corrected chi connectivity index (χ3v) is 6.47. The smallest absolute Gasteiger partial charge is 0.435 e. The highest BCUT2D eigenvalue weighted by Crippen LogP contribution is 2.55. The van der Waals surface area contributed by atoms with Gasteiger partial charge < -0.3 is 24.9 Å². The first kappa shape index (κ1) is 33.3. The highest BCUT2D eigenvalue weighted by Gasteiger charge is 2.73. The minimum Gasteiger partial charge on any atom is -0.619 e. The molecule has 1 aromatic heterocycles. The fourth-order valence-electron chi connectivity index (χ4n) is 3.80. The number of hydrogen-bond acceptors (Lipinski definition) is 5. The number of rotatable bonds is 8. The second-order valence-electron chi connectivity index (χ2n) is 8.49. The summed E-state index contributed by atoms with van der Waals surface area (Å²) in [5.74, 6) is -3.58. The van der Waals surface area contributed by atoms with Crippen LogP contribution in [0.3, 0.4) is 0 Å². The third-order valence-electron chi connectivity index (χ3n) is 5.85. The number of halogens is 10. The number of ether oxygens (including phenoxy) is 2. The van der Waals surface area contributed by atoms with Gasteiger partial charge in [-0.15, -0.1) is 0 Å². The second kappa shape index (κ2) is 12.2. The Bertz CT molecular complexity index is 1500. The van der Waals surface area contributed by atoms with Crippen molar-refractivity contribution in [2.45, 2.75) is 24.6 Å². The molecule has 0 spiro atoms. The molecule has 8 nitrogen and oxygen atoms in total. The van der Waals surface area contributed by atoms with Crippen LogP contribution in [-0.2, 0) is 5.67 Å². The Morgan fingerprint density at radius 1 is 1.00 bits per heavy atom. The maximum atomic E-state index is 14.7. The first-order valence-electron chi connectivity index (χ1n) is 11.4. The minimum atomic E-state index is -6.56. The fourth-order valence-corrected chi connectivity index (χ4v) is 4.34. The Hall–Kier alpha value is -4.22. The summed E-state index contributed by atoms with van der Waals surface area (Å²) in [6.45, 7) is -3.82. The van der Waals surface area contributed by atoms with Crippen LogP contribution in [-0.4, -0.2) is 44.9 Å². The zero-order valence-electron chi connectivity index (χ0n) is 21.5. The molecule has 0 bridgehead atoms. The van der Waals surface area contributed by atoms with Crippen molar-refractivity contribution >= 4 is 39.1 Å². The molecule has 0 fully saturated rings. The molecule has 2 aromatic carbocycles. The van der Waals surface area contributed by atoms with Crippen LogP contribution in [0.5, 0.6) is 11.5 Å². The van der Waals surface area contributed by atoms with Gasteiger partial charge in [-0.25, -0.2) is 4.39 Å². The molecule has 0 atom stereocenters. The second-order valence-corrected chi connectivity index (χ2v) is 9.34. The molecule has 1 N–H and O–H groups in total. The third kappa shape index (κ3) is 6.57. The maximum Gasteiger partial charge on any atom is 0.435 e. The van der Waals surface area contributed by atoms with Gasteiger partial charge in [0.05, 0.1) is 29.6 Å². The van der Waals surface area contributed by atoms with E-state index in [1.54, 1.807) is 0 Å². The zero-order chi connectivity index (χ0) is 32.5. The lowest BCUT2D eigenvalue weighted by molar-refractivity contribution is -0.605. The molecule has 0 saturated heterocycles.